The maximum absolute atomic E-state index is 5.52. The van der Waals surface area contributed by atoms with Crippen molar-refractivity contribution in [3.8, 4) is 22.9 Å². The van der Waals surface area contributed by atoms with Gasteiger partial charge >= 0.3 is 0 Å². The molecule has 4 nitrogen and oxygen atoms in total. The van der Waals surface area contributed by atoms with Crippen LogP contribution in [0.15, 0.2) is 182 Å². The average molecular weight is 687 g/mol. The van der Waals surface area contributed by atoms with E-state index in [0.29, 0.717) is 5.95 Å². The first-order valence-electron chi connectivity index (χ1n) is 18.4. The maximum atomic E-state index is 5.52. The fraction of sp³-hybridized carbons (Fsp3) is 0. The minimum Gasteiger partial charge on any atom is -0.309 e. The second kappa shape index (κ2) is 11.1. The number of hydrogen-bond acceptors (Lipinski definition) is 2. The summed E-state index contributed by atoms with van der Waals surface area (Å²) in [6.45, 7) is 0. The Morgan fingerprint density at radius 3 is 1.70 bits per heavy atom. The van der Waals surface area contributed by atoms with Crippen LogP contribution in [0, 0.1) is 0 Å². The van der Waals surface area contributed by atoms with E-state index in [1.54, 1.807) is 0 Å². The second-order valence-electron chi connectivity index (χ2n) is 14.2. The number of rotatable bonds is 3. The summed E-state index contributed by atoms with van der Waals surface area (Å²) in [4.78, 5) is 10.9. The maximum Gasteiger partial charge on any atom is 0.235 e. The van der Waals surface area contributed by atoms with Crippen molar-refractivity contribution < 1.29 is 0 Å². The van der Waals surface area contributed by atoms with Gasteiger partial charge in [0.15, 0.2) is 0 Å². The molecule has 0 saturated carbocycles. The lowest BCUT2D eigenvalue weighted by molar-refractivity contribution is 1.01. The SMILES string of the molecule is c1ccc2cc3c(cc2c1)c1c(-n2c4ccccc4c4ccccc42)cccc1n3-c1nc(-c2ccc3ccc4ccccc4c3c2)c2ccccc2n1. The number of nitrogens with zero attached hydrogens (tertiary/aromatic N) is 4. The molecule has 0 radical (unpaired) electrons. The Morgan fingerprint density at radius 2 is 0.926 bits per heavy atom. The van der Waals surface area contributed by atoms with Gasteiger partial charge in [0.2, 0.25) is 5.95 Å². The van der Waals surface area contributed by atoms with Crippen molar-refractivity contribution in [3.63, 3.8) is 0 Å². The lowest BCUT2D eigenvalue weighted by Gasteiger charge is -2.13. The third-order valence-corrected chi connectivity index (χ3v) is 11.3. The summed E-state index contributed by atoms with van der Waals surface area (Å²) in [6.07, 6.45) is 0. The zero-order valence-corrected chi connectivity index (χ0v) is 29.1. The Kier molecular flexibility index (Phi) is 6.02. The minimum atomic E-state index is 0.649. The van der Waals surface area contributed by atoms with E-state index < -0.39 is 0 Å². The van der Waals surface area contributed by atoms with Crippen LogP contribution in [0.5, 0.6) is 0 Å². The molecule has 4 heteroatoms. The normalized spacial score (nSPS) is 12.1. The van der Waals surface area contributed by atoms with E-state index in [2.05, 4.69) is 191 Å². The summed E-state index contributed by atoms with van der Waals surface area (Å²) in [5.74, 6) is 0.649. The molecule has 54 heavy (non-hydrogen) atoms. The molecule has 0 fully saturated rings. The molecule has 250 valence electrons. The molecule has 0 bridgehead atoms. The molecule has 3 aromatic heterocycles. The first kappa shape index (κ1) is 29.3. The van der Waals surface area contributed by atoms with Gasteiger partial charge in [-0.1, -0.05) is 133 Å². The monoisotopic (exact) mass is 686 g/mol. The van der Waals surface area contributed by atoms with Gasteiger partial charge in [-0.25, -0.2) is 9.97 Å². The highest BCUT2D eigenvalue weighted by molar-refractivity contribution is 6.19. The molecule has 9 aromatic carbocycles. The standard InChI is InChI=1S/C50H30N4/c1-2-14-34-30-47-41(28-33(34)13-1)48-45(53-43-20-9-6-16-37(43)38-17-7-10-21-44(38)53)22-11-23-46(48)54(47)50-51-42-19-8-5-18-39(42)49(52-50)35-27-26-32-25-24-31-12-3-4-15-36(31)40(32)29-35/h1-30H. The largest absolute Gasteiger partial charge is 0.309 e. The van der Waals surface area contributed by atoms with Crippen LogP contribution in [0.25, 0.3) is 110 Å². The van der Waals surface area contributed by atoms with Gasteiger partial charge in [0.05, 0.1) is 39.0 Å². The number of fused-ring (bicyclic) bond motifs is 11. The highest BCUT2D eigenvalue weighted by Crippen LogP contribution is 2.41. The topological polar surface area (TPSA) is 35.6 Å². The van der Waals surface area contributed by atoms with Crippen LogP contribution in [-0.2, 0) is 0 Å². The molecule has 0 unspecified atom stereocenters. The summed E-state index contributed by atoms with van der Waals surface area (Å²) in [5, 5.41) is 13.1. The van der Waals surface area contributed by atoms with E-state index in [1.165, 1.54) is 59.5 Å². The molecule has 0 spiro atoms. The Hall–Kier alpha value is -7.30. The Balaban J connectivity index is 1.20. The third kappa shape index (κ3) is 4.13. The van der Waals surface area contributed by atoms with Gasteiger partial charge in [-0.05, 0) is 80.8 Å². The van der Waals surface area contributed by atoms with Gasteiger partial charge in [0.25, 0.3) is 0 Å². The lowest BCUT2D eigenvalue weighted by Crippen LogP contribution is -2.03. The smallest absolute Gasteiger partial charge is 0.235 e. The quantitative estimate of drug-likeness (QED) is 0.173. The molecule has 0 amide bonds. The van der Waals surface area contributed by atoms with Crippen LogP contribution >= 0.6 is 0 Å². The van der Waals surface area contributed by atoms with Crippen molar-refractivity contribution in [1.82, 2.24) is 19.1 Å². The Morgan fingerprint density at radius 1 is 0.333 bits per heavy atom. The molecule has 0 aliphatic rings. The number of hydrogen-bond donors (Lipinski definition) is 0. The van der Waals surface area contributed by atoms with E-state index in [4.69, 9.17) is 9.97 Å². The molecular weight excluding hydrogens is 657 g/mol. The molecule has 0 aliphatic carbocycles. The van der Waals surface area contributed by atoms with E-state index in [1.807, 2.05) is 0 Å². The van der Waals surface area contributed by atoms with E-state index in [-0.39, 0.29) is 0 Å². The first-order valence-corrected chi connectivity index (χ1v) is 18.4. The second-order valence-corrected chi connectivity index (χ2v) is 14.2. The highest BCUT2D eigenvalue weighted by Gasteiger charge is 2.22. The summed E-state index contributed by atoms with van der Waals surface area (Å²) in [5.41, 5.74) is 8.52. The van der Waals surface area contributed by atoms with Crippen molar-refractivity contribution in [3.05, 3.63) is 182 Å². The molecule has 0 aliphatic heterocycles. The van der Waals surface area contributed by atoms with Gasteiger partial charge in [-0.3, -0.25) is 4.57 Å². The predicted octanol–water partition coefficient (Wildman–Crippen LogP) is 13.0. The molecule has 0 saturated heterocycles. The highest BCUT2D eigenvalue weighted by atomic mass is 15.2. The summed E-state index contributed by atoms with van der Waals surface area (Å²) in [7, 11) is 0. The zero-order chi connectivity index (χ0) is 35.3. The fourth-order valence-corrected chi connectivity index (χ4v) is 8.85. The predicted molar refractivity (Wildman–Crippen MR) is 226 cm³/mol. The molecule has 0 N–H and O–H groups in total. The van der Waals surface area contributed by atoms with Gasteiger partial charge in [0.1, 0.15) is 0 Å². The van der Waals surface area contributed by atoms with E-state index in [0.717, 1.165) is 44.3 Å². The van der Waals surface area contributed by atoms with Crippen molar-refractivity contribution in [2.45, 2.75) is 0 Å². The molecular formula is C50H30N4. The Bertz CT molecular complexity index is 3460. The van der Waals surface area contributed by atoms with Gasteiger partial charge in [0, 0.05) is 32.5 Å². The van der Waals surface area contributed by atoms with Crippen LogP contribution < -0.4 is 0 Å². The zero-order valence-electron chi connectivity index (χ0n) is 29.1. The van der Waals surface area contributed by atoms with Crippen LogP contribution in [0.4, 0.5) is 0 Å². The molecule has 0 atom stereocenters. The van der Waals surface area contributed by atoms with Gasteiger partial charge < -0.3 is 4.57 Å². The van der Waals surface area contributed by atoms with Crippen molar-refractivity contribution in [2.24, 2.45) is 0 Å². The van der Waals surface area contributed by atoms with Crippen molar-refractivity contribution in [2.75, 3.05) is 0 Å². The van der Waals surface area contributed by atoms with Crippen LogP contribution in [0.1, 0.15) is 0 Å². The number of para-hydroxylation sites is 3. The van der Waals surface area contributed by atoms with E-state index >= 15 is 0 Å². The first-order chi connectivity index (χ1) is 26.8. The van der Waals surface area contributed by atoms with Crippen LogP contribution in [0.2, 0.25) is 0 Å². The molecule has 12 rings (SSSR count). The fourth-order valence-electron chi connectivity index (χ4n) is 8.85. The van der Waals surface area contributed by atoms with Crippen molar-refractivity contribution >= 4 is 86.8 Å². The average Bonchev–Trinajstić information content (AvgIpc) is 3.74. The van der Waals surface area contributed by atoms with Crippen molar-refractivity contribution in [1.29, 1.82) is 0 Å². The van der Waals surface area contributed by atoms with Crippen LogP contribution in [-0.4, -0.2) is 19.1 Å². The number of benzene rings is 9. The molecule has 12 aromatic rings. The Labute approximate surface area is 309 Å². The van der Waals surface area contributed by atoms with Gasteiger partial charge in [-0.2, -0.15) is 0 Å². The third-order valence-electron chi connectivity index (χ3n) is 11.3. The molecule has 3 heterocycles. The summed E-state index contributed by atoms with van der Waals surface area (Å²) < 4.78 is 4.71. The van der Waals surface area contributed by atoms with Crippen LogP contribution in [0.3, 0.4) is 0 Å². The lowest BCUT2D eigenvalue weighted by atomic mass is 9.98. The van der Waals surface area contributed by atoms with Gasteiger partial charge in [-0.15, -0.1) is 0 Å². The number of aromatic nitrogens is 4. The summed E-state index contributed by atoms with van der Waals surface area (Å²) in [6, 6.07) is 65.5. The minimum absolute atomic E-state index is 0.649. The van der Waals surface area contributed by atoms with E-state index in [9.17, 15) is 0 Å². The summed E-state index contributed by atoms with van der Waals surface area (Å²) >= 11 is 0.